The molecule has 0 aliphatic carbocycles. The lowest BCUT2D eigenvalue weighted by Crippen LogP contribution is -2.23. The van der Waals surface area contributed by atoms with Gasteiger partial charge >= 0.3 is 11.9 Å². The second-order valence-corrected chi connectivity index (χ2v) is 6.00. The SMILES string of the molecule is COC(=O)/C(=C\c1ccccc1)CC(N=Cc1ccc(C)cc1)C(=O)OC. The Bertz CT molecular complexity index is 823. The van der Waals surface area contributed by atoms with Crippen LogP contribution in [0, 0.1) is 6.92 Å². The highest BCUT2D eigenvalue weighted by Gasteiger charge is 2.23. The standard InChI is InChI=1S/C22H23NO4/c1-16-9-11-18(12-10-16)15-23-20(22(25)27-3)14-19(21(24)26-2)13-17-7-5-4-6-8-17/h4-13,15,20H,14H2,1-3H3/b19-13-,23-15?. The molecule has 2 rings (SSSR count). The molecular formula is C22H23NO4. The minimum Gasteiger partial charge on any atom is -0.467 e. The van der Waals surface area contributed by atoms with Crippen LogP contribution in [0.5, 0.6) is 0 Å². The van der Waals surface area contributed by atoms with Crippen LogP contribution in [0.25, 0.3) is 6.08 Å². The summed E-state index contributed by atoms with van der Waals surface area (Å²) in [5, 5.41) is 0. The quantitative estimate of drug-likeness (QED) is 0.427. The molecule has 1 unspecified atom stereocenters. The minimum absolute atomic E-state index is 0.0800. The summed E-state index contributed by atoms with van der Waals surface area (Å²) in [6.45, 7) is 2.00. The van der Waals surface area contributed by atoms with Crippen LogP contribution in [0.3, 0.4) is 0 Å². The number of esters is 2. The van der Waals surface area contributed by atoms with E-state index in [2.05, 4.69) is 4.99 Å². The molecule has 0 saturated carbocycles. The first-order chi connectivity index (χ1) is 13.0. The number of aryl methyl sites for hydroxylation is 1. The van der Waals surface area contributed by atoms with Gasteiger partial charge in [-0.1, -0.05) is 60.2 Å². The van der Waals surface area contributed by atoms with E-state index in [1.165, 1.54) is 14.2 Å². The predicted molar refractivity (Wildman–Crippen MR) is 106 cm³/mol. The molecule has 2 aromatic carbocycles. The third kappa shape index (κ3) is 6.22. The average molecular weight is 365 g/mol. The van der Waals surface area contributed by atoms with Gasteiger partial charge in [0.15, 0.2) is 6.04 Å². The summed E-state index contributed by atoms with van der Waals surface area (Å²) in [5.41, 5.74) is 3.18. The van der Waals surface area contributed by atoms with Crippen LogP contribution in [0.4, 0.5) is 0 Å². The lowest BCUT2D eigenvalue weighted by atomic mass is 10.0. The molecule has 5 nitrogen and oxygen atoms in total. The minimum atomic E-state index is -0.842. The number of ether oxygens (including phenoxy) is 2. The molecule has 0 fully saturated rings. The zero-order valence-electron chi connectivity index (χ0n) is 15.7. The van der Waals surface area contributed by atoms with Gasteiger partial charge in [0.2, 0.25) is 0 Å². The van der Waals surface area contributed by atoms with Crippen LogP contribution < -0.4 is 0 Å². The van der Waals surface area contributed by atoms with Gasteiger partial charge in [-0.3, -0.25) is 4.99 Å². The Hall–Kier alpha value is -3.21. The number of carbonyl (C=O) groups is 2. The van der Waals surface area contributed by atoms with Crippen LogP contribution in [-0.2, 0) is 19.1 Å². The van der Waals surface area contributed by atoms with Crippen molar-refractivity contribution in [2.24, 2.45) is 4.99 Å². The van der Waals surface area contributed by atoms with Gasteiger partial charge in [-0.25, -0.2) is 9.59 Å². The molecule has 0 bridgehead atoms. The number of methoxy groups -OCH3 is 2. The number of carbonyl (C=O) groups excluding carboxylic acids is 2. The molecule has 2 aromatic rings. The maximum Gasteiger partial charge on any atom is 0.333 e. The monoisotopic (exact) mass is 365 g/mol. The van der Waals surface area contributed by atoms with E-state index in [1.807, 2.05) is 61.5 Å². The molecule has 0 saturated heterocycles. The van der Waals surface area contributed by atoms with E-state index < -0.39 is 18.0 Å². The average Bonchev–Trinajstić information content (AvgIpc) is 2.71. The Labute approximate surface area is 159 Å². The molecule has 0 amide bonds. The fraction of sp³-hybridized carbons (Fsp3) is 0.227. The van der Waals surface area contributed by atoms with Crippen molar-refractivity contribution < 1.29 is 19.1 Å². The number of nitrogens with zero attached hydrogens (tertiary/aromatic N) is 1. The van der Waals surface area contributed by atoms with E-state index in [4.69, 9.17) is 9.47 Å². The van der Waals surface area contributed by atoms with Gasteiger partial charge in [-0.05, 0) is 24.1 Å². The smallest absolute Gasteiger partial charge is 0.333 e. The highest BCUT2D eigenvalue weighted by Crippen LogP contribution is 2.16. The Kier molecular flexibility index (Phi) is 7.49. The van der Waals surface area contributed by atoms with Gasteiger partial charge in [-0.2, -0.15) is 0 Å². The van der Waals surface area contributed by atoms with Crippen molar-refractivity contribution in [3.63, 3.8) is 0 Å². The van der Waals surface area contributed by atoms with Crippen molar-refractivity contribution in [2.75, 3.05) is 14.2 Å². The molecule has 0 aliphatic rings. The first-order valence-corrected chi connectivity index (χ1v) is 8.55. The maximum atomic E-state index is 12.2. The second kappa shape index (κ2) is 10.1. The van der Waals surface area contributed by atoms with E-state index in [1.54, 1.807) is 12.3 Å². The van der Waals surface area contributed by atoms with Crippen molar-refractivity contribution in [1.29, 1.82) is 0 Å². The van der Waals surface area contributed by atoms with Gasteiger partial charge in [0.05, 0.1) is 14.2 Å². The van der Waals surface area contributed by atoms with E-state index >= 15 is 0 Å². The van der Waals surface area contributed by atoms with Gasteiger partial charge < -0.3 is 9.47 Å². The lowest BCUT2D eigenvalue weighted by Gasteiger charge is -2.12. The number of aliphatic imine (C=N–C) groups is 1. The van der Waals surface area contributed by atoms with Crippen molar-refractivity contribution in [1.82, 2.24) is 0 Å². The molecule has 27 heavy (non-hydrogen) atoms. The number of benzene rings is 2. The maximum absolute atomic E-state index is 12.2. The van der Waals surface area contributed by atoms with Crippen LogP contribution in [0.1, 0.15) is 23.1 Å². The van der Waals surface area contributed by atoms with E-state index in [0.717, 1.165) is 16.7 Å². The van der Waals surface area contributed by atoms with E-state index in [9.17, 15) is 9.59 Å². The molecular weight excluding hydrogens is 342 g/mol. The highest BCUT2D eigenvalue weighted by molar-refractivity contribution is 5.95. The molecule has 140 valence electrons. The van der Waals surface area contributed by atoms with Gasteiger partial charge in [0.1, 0.15) is 0 Å². The summed E-state index contributed by atoms with van der Waals surface area (Å²) < 4.78 is 9.72. The third-order valence-corrected chi connectivity index (χ3v) is 3.96. The Balaban J connectivity index is 2.28. The molecule has 0 N–H and O–H groups in total. The van der Waals surface area contributed by atoms with Crippen molar-refractivity contribution >= 4 is 24.2 Å². The van der Waals surface area contributed by atoms with Crippen LogP contribution in [0.2, 0.25) is 0 Å². The second-order valence-electron chi connectivity index (χ2n) is 6.00. The van der Waals surface area contributed by atoms with Gasteiger partial charge in [0, 0.05) is 18.2 Å². The summed E-state index contributed by atoms with van der Waals surface area (Å²) in [6, 6.07) is 16.3. The summed E-state index contributed by atoms with van der Waals surface area (Å²) in [7, 11) is 2.61. The molecule has 0 aliphatic heterocycles. The zero-order chi connectivity index (χ0) is 19.6. The van der Waals surface area contributed by atoms with Crippen LogP contribution >= 0.6 is 0 Å². The molecule has 0 radical (unpaired) electrons. The number of rotatable bonds is 7. The van der Waals surface area contributed by atoms with Crippen molar-refractivity contribution in [3.05, 3.63) is 76.9 Å². The first-order valence-electron chi connectivity index (χ1n) is 8.55. The summed E-state index contributed by atoms with van der Waals surface area (Å²) in [4.78, 5) is 28.7. The molecule has 0 aromatic heterocycles. The fourth-order valence-electron chi connectivity index (χ4n) is 2.45. The molecule has 0 heterocycles. The Morgan fingerprint density at radius 2 is 1.63 bits per heavy atom. The summed E-state index contributed by atoms with van der Waals surface area (Å²) in [5.74, 6) is -1.01. The largest absolute Gasteiger partial charge is 0.467 e. The Morgan fingerprint density at radius 3 is 2.22 bits per heavy atom. The van der Waals surface area contributed by atoms with Crippen molar-refractivity contribution in [3.8, 4) is 0 Å². The topological polar surface area (TPSA) is 65.0 Å². The third-order valence-electron chi connectivity index (χ3n) is 3.96. The fourth-order valence-corrected chi connectivity index (χ4v) is 2.45. The lowest BCUT2D eigenvalue weighted by molar-refractivity contribution is -0.142. The molecule has 0 spiro atoms. The predicted octanol–water partition coefficient (Wildman–Crippen LogP) is 3.60. The molecule has 5 heteroatoms. The summed E-state index contributed by atoms with van der Waals surface area (Å²) in [6.07, 6.45) is 3.39. The zero-order valence-corrected chi connectivity index (χ0v) is 15.7. The van der Waals surface area contributed by atoms with Gasteiger partial charge in [-0.15, -0.1) is 0 Å². The van der Waals surface area contributed by atoms with Gasteiger partial charge in [0.25, 0.3) is 0 Å². The number of hydrogen-bond donors (Lipinski definition) is 0. The normalized spacial score (nSPS) is 12.6. The molecule has 1 atom stereocenters. The van der Waals surface area contributed by atoms with Crippen LogP contribution in [0.15, 0.2) is 65.2 Å². The Morgan fingerprint density at radius 1 is 0.963 bits per heavy atom. The highest BCUT2D eigenvalue weighted by atomic mass is 16.5. The van der Waals surface area contributed by atoms with Crippen LogP contribution in [-0.4, -0.2) is 38.4 Å². The van der Waals surface area contributed by atoms with E-state index in [0.29, 0.717) is 5.57 Å². The first kappa shape index (κ1) is 20.1. The summed E-state index contributed by atoms with van der Waals surface area (Å²) >= 11 is 0. The number of hydrogen-bond acceptors (Lipinski definition) is 5. The van der Waals surface area contributed by atoms with E-state index in [-0.39, 0.29) is 6.42 Å². The van der Waals surface area contributed by atoms with Crippen molar-refractivity contribution in [2.45, 2.75) is 19.4 Å².